The van der Waals surface area contributed by atoms with E-state index in [1.807, 2.05) is 42.7 Å². The summed E-state index contributed by atoms with van der Waals surface area (Å²) in [6.45, 7) is 4.00. The number of rotatable bonds is 6. The SMILES string of the molecule is CC.Cn1cc(-c2[nH]c3ncc4c(c3c2-c2ccc(CCC(=O)O)cc2)n(C2CCCC2)c(=O)n4C)c(F)n1. The van der Waals surface area contributed by atoms with E-state index >= 15 is 0 Å². The lowest BCUT2D eigenvalue weighted by Crippen LogP contribution is -2.24. The average molecular weight is 533 g/mol. The molecule has 6 rings (SSSR count). The molecule has 1 saturated carbocycles. The Labute approximate surface area is 224 Å². The second-order valence-electron chi connectivity index (χ2n) is 9.84. The summed E-state index contributed by atoms with van der Waals surface area (Å²) in [6, 6.07) is 7.71. The topological polar surface area (TPSA) is 111 Å². The Kier molecular flexibility index (Phi) is 7.12. The number of carbonyl (C=O) groups is 1. The highest BCUT2D eigenvalue weighted by atomic mass is 19.1. The van der Waals surface area contributed by atoms with Crippen molar-refractivity contribution in [1.29, 1.82) is 0 Å². The maximum Gasteiger partial charge on any atom is 0.329 e. The Balaban J connectivity index is 0.00000151. The van der Waals surface area contributed by atoms with E-state index in [1.54, 1.807) is 31.1 Å². The van der Waals surface area contributed by atoms with Gasteiger partial charge < -0.3 is 10.1 Å². The highest BCUT2D eigenvalue weighted by molar-refractivity contribution is 6.14. The molecule has 1 fully saturated rings. The van der Waals surface area contributed by atoms with Crippen LogP contribution in [0.15, 0.2) is 41.5 Å². The van der Waals surface area contributed by atoms with Crippen molar-refractivity contribution < 1.29 is 14.3 Å². The van der Waals surface area contributed by atoms with Crippen molar-refractivity contribution in [2.24, 2.45) is 14.1 Å². The van der Waals surface area contributed by atoms with Gasteiger partial charge in [0.05, 0.1) is 33.9 Å². The molecule has 1 aromatic carbocycles. The summed E-state index contributed by atoms with van der Waals surface area (Å²) in [5, 5.41) is 13.7. The van der Waals surface area contributed by atoms with Crippen LogP contribution in [0.25, 0.3) is 44.5 Å². The van der Waals surface area contributed by atoms with E-state index in [1.165, 1.54) is 4.68 Å². The van der Waals surface area contributed by atoms with Crippen LogP contribution in [0, 0.1) is 5.95 Å². The standard InChI is InChI=1S/C27H27FN6O3.C2H6/c1-32-14-18(25(28)31-32)23-21(16-10-7-15(8-11-16)9-12-20(35)36)22-24-19(13-29-26(22)30-23)33(2)27(37)34(24)17-5-3-4-6-17;1-2/h7-8,10-11,13-14,17H,3-6,9,12H2,1-2H3,(H,29,30)(H,35,36);1-2H3. The monoisotopic (exact) mass is 532 g/mol. The first-order valence-corrected chi connectivity index (χ1v) is 13.5. The second kappa shape index (κ2) is 10.5. The van der Waals surface area contributed by atoms with Gasteiger partial charge in [-0.05, 0) is 30.4 Å². The number of nitrogens with zero attached hydrogens (tertiary/aromatic N) is 5. The lowest BCUT2D eigenvalue weighted by Gasteiger charge is -2.13. The van der Waals surface area contributed by atoms with Gasteiger partial charge in [0.25, 0.3) is 0 Å². The summed E-state index contributed by atoms with van der Waals surface area (Å²) in [7, 11) is 3.42. The molecule has 5 aromatic rings. The minimum Gasteiger partial charge on any atom is -0.481 e. The molecule has 0 spiro atoms. The van der Waals surface area contributed by atoms with Crippen LogP contribution in [0.2, 0.25) is 0 Å². The Morgan fingerprint density at radius 1 is 1.15 bits per heavy atom. The minimum atomic E-state index is -0.850. The van der Waals surface area contributed by atoms with E-state index in [4.69, 9.17) is 5.11 Å². The number of benzene rings is 1. The predicted molar refractivity (Wildman–Crippen MR) is 149 cm³/mol. The molecule has 1 aliphatic carbocycles. The number of carboxylic acids is 1. The molecular weight excluding hydrogens is 499 g/mol. The summed E-state index contributed by atoms with van der Waals surface area (Å²) >= 11 is 0. The zero-order valence-electron chi connectivity index (χ0n) is 22.7. The summed E-state index contributed by atoms with van der Waals surface area (Å²) in [5.41, 5.74) is 5.29. The first-order chi connectivity index (χ1) is 18.8. The zero-order chi connectivity index (χ0) is 27.8. The van der Waals surface area contributed by atoms with Crippen LogP contribution >= 0.6 is 0 Å². The lowest BCUT2D eigenvalue weighted by atomic mass is 9.97. The number of aryl methyl sites for hydroxylation is 3. The number of aliphatic carboxylic acids is 1. The van der Waals surface area contributed by atoms with Gasteiger partial charge in [0.15, 0.2) is 0 Å². The molecule has 0 unspecified atom stereocenters. The smallest absolute Gasteiger partial charge is 0.329 e. The number of H-pyrrole nitrogens is 1. The van der Waals surface area contributed by atoms with Gasteiger partial charge in [-0.25, -0.2) is 9.78 Å². The maximum atomic E-state index is 15.0. The van der Waals surface area contributed by atoms with E-state index in [9.17, 15) is 14.0 Å². The summed E-state index contributed by atoms with van der Waals surface area (Å²) in [6.07, 6.45) is 7.80. The molecule has 4 heterocycles. The molecule has 0 radical (unpaired) electrons. The predicted octanol–water partition coefficient (Wildman–Crippen LogP) is 5.58. The van der Waals surface area contributed by atoms with Crippen LogP contribution in [0.4, 0.5) is 4.39 Å². The number of aromatic amines is 1. The Morgan fingerprint density at radius 3 is 2.46 bits per heavy atom. The Morgan fingerprint density at radius 2 is 1.85 bits per heavy atom. The van der Waals surface area contributed by atoms with Gasteiger partial charge in [0, 0.05) is 38.3 Å². The number of pyridine rings is 1. The first kappa shape index (κ1) is 26.4. The van der Waals surface area contributed by atoms with Gasteiger partial charge in [-0.2, -0.15) is 4.39 Å². The molecule has 0 aliphatic heterocycles. The molecular formula is C29H33FN6O3. The van der Waals surface area contributed by atoms with E-state index in [2.05, 4.69) is 15.1 Å². The second-order valence-corrected chi connectivity index (χ2v) is 9.84. The van der Waals surface area contributed by atoms with Crippen molar-refractivity contribution in [2.45, 2.75) is 58.4 Å². The van der Waals surface area contributed by atoms with E-state index in [-0.39, 0.29) is 18.2 Å². The van der Waals surface area contributed by atoms with Crippen molar-refractivity contribution in [3.63, 3.8) is 0 Å². The molecule has 9 nitrogen and oxygen atoms in total. The number of aromatic nitrogens is 6. The first-order valence-electron chi connectivity index (χ1n) is 13.5. The summed E-state index contributed by atoms with van der Waals surface area (Å²) in [4.78, 5) is 32.4. The van der Waals surface area contributed by atoms with Crippen LogP contribution in [-0.4, -0.2) is 40.0 Å². The fourth-order valence-electron chi connectivity index (χ4n) is 5.69. The lowest BCUT2D eigenvalue weighted by molar-refractivity contribution is -0.136. The molecule has 0 bridgehead atoms. The molecule has 39 heavy (non-hydrogen) atoms. The van der Waals surface area contributed by atoms with E-state index in [0.717, 1.165) is 58.8 Å². The van der Waals surface area contributed by atoms with Crippen molar-refractivity contribution >= 4 is 28.0 Å². The fourth-order valence-corrected chi connectivity index (χ4v) is 5.69. The molecule has 10 heteroatoms. The third-order valence-electron chi connectivity index (χ3n) is 7.48. The largest absolute Gasteiger partial charge is 0.481 e. The number of imidazole rings is 1. The average Bonchev–Trinajstić information content (AvgIpc) is 3.70. The van der Waals surface area contributed by atoms with Crippen LogP contribution < -0.4 is 5.69 Å². The third-order valence-corrected chi connectivity index (χ3v) is 7.48. The van der Waals surface area contributed by atoms with Crippen molar-refractivity contribution in [2.75, 3.05) is 0 Å². The number of fused-ring (bicyclic) bond motifs is 3. The van der Waals surface area contributed by atoms with E-state index < -0.39 is 11.9 Å². The van der Waals surface area contributed by atoms with Gasteiger partial charge in [0.2, 0.25) is 5.95 Å². The Bertz CT molecular complexity index is 1720. The molecule has 1 aliphatic rings. The third kappa shape index (κ3) is 4.53. The molecule has 4 aromatic heterocycles. The number of hydrogen-bond donors (Lipinski definition) is 2. The molecule has 204 valence electrons. The van der Waals surface area contributed by atoms with Crippen molar-refractivity contribution in [3.05, 3.63) is 58.7 Å². The maximum absolute atomic E-state index is 15.0. The van der Waals surface area contributed by atoms with Gasteiger partial charge in [-0.15, -0.1) is 5.10 Å². The van der Waals surface area contributed by atoms with Gasteiger partial charge in [0.1, 0.15) is 5.65 Å². The highest BCUT2D eigenvalue weighted by Crippen LogP contribution is 2.43. The zero-order valence-corrected chi connectivity index (χ0v) is 22.7. The summed E-state index contributed by atoms with van der Waals surface area (Å²) in [5.74, 6) is -1.46. The van der Waals surface area contributed by atoms with Gasteiger partial charge in [-0.1, -0.05) is 51.0 Å². The van der Waals surface area contributed by atoms with Crippen LogP contribution in [0.1, 0.15) is 57.6 Å². The van der Waals surface area contributed by atoms with Gasteiger partial charge >= 0.3 is 11.7 Å². The van der Waals surface area contributed by atoms with E-state index in [0.29, 0.717) is 23.3 Å². The number of hydrogen-bond acceptors (Lipinski definition) is 4. The normalized spacial score (nSPS) is 13.8. The summed E-state index contributed by atoms with van der Waals surface area (Å²) < 4.78 is 19.9. The molecule has 2 N–H and O–H groups in total. The number of halogens is 1. The quantitative estimate of drug-likeness (QED) is 0.297. The molecule has 0 amide bonds. The molecule has 0 saturated heterocycles. The van der Waals surface area contributed by atoms with Crippen LogP contribution in [-0.2, 0) is 25.3 Å². The van der Waals surface area contributed by atoms with Crippen molar-refractivity contribution in [1.82, 2.24) is 28.9 Å². The molecule has 0 atom stereocenters. The minimum absolute atomic E-state index is 0.0425. The fraction of sp³-hybridized carbons (Fsp3) is 0.379. The number of carboxylic acid groups (broad SMARTS) is 1. The van der Waals surface area contributed by atoms with Crippen LogP contribution in [0.3, 0.4) is 0 Å². The van der Waals surface area contributed by atoms with Gasteiger partial charge in [-0.3, -0.25) is 18.6 Å². The van der Waals surface area contributed by atoms with Crippen LogP contribution in [0.5, 0.6) is 0 Å². The van der Waals surface area contributed by atoms with Crippen molar-refractivity contribution in [3.8, 4) is 22.4 Å². The highest BCUT2D eigenvalue weighted by Gasteiger charge is 2.28. The number of nitrogens with one attached hydrogen (secondary N) is 1. The Hall–Kier alpha value is -4.21.